The van der Waals surface area contributed by atoms with Crippen molar-refractivity contribution in [2.45, 2.75) is 11.8 Å². The van der Waals surface area contributed by atoms with Gasteiger partial charge in [-0.05, 0) is 51.3 Å². The Morgan fingerprint density at radius 3 is 2.43 bits per heavy atom. The van der Waals surface area contributed by atoms with Gasteiger partial charge in [0.15, 0.2) is 11.5 Å². The smallest absolute Gasteiger partial charge is 0.161 e. The number of benzene rings is 2. The first-order valence-electron chi connectivity index (χ1n) is 6.64. The van der Waals surface area contributed by atoms with Crippen molar-refractivity contribution in [1.82, 2.24) is 0 Å². The Hall–Kier alpha value is -1.26. The first-order chi connectivity index (χ1) is 10.1. The maximum Gasteiger partial charge on any atom is 0.161 e. The minimum atomic E-state index is -0.376. The molecule has 110 valence electrons. The maximum atomic E-state index is 13.3. The molecule has 0 aliphatic carbocycles. The van der Waals surface area contributed by atoms with Gasteiger partial charge in [-0.15, -0.1) is 11.6 Å². The summed E-state index contributed by atoms with van der Waals surface area (Å²) in [5, 5.41) is -0.376. The van der Waals surface area contributed by atoms with Crippen molar-refractivity contribution in [3.05, 3.63) is 57.8 Å². The monoisotopic (exact) mass is 370 g/mol. The highest BCUT2D eigenvalue weighted by Crippen LogP contribution is 2.37. The molecule has 5 heteroatoms. The van der Waals surface area contributed by atoms with Gasteiger partial charge >= 0.3 is 0 Å². The van der Waals surface area contributed by atoms with Crippen LogP contribution in [0.5, 0.6) is 11.5 Å². The van der Waals surface area contributed by atoms with Gasteiger partial charge in [-0.1, -0.05) is 12.1 Å². The predicted molar refractivity (Wildman–Crippen MR) is 83.8 cm³/mol. The molecule has 0 fully saturated rings. The fourth-order valence-electron chi connectivity index (χ4n) is 2.20. The molecule has 1 aliphatic heterocycles. The molecule has 0 bridgehead atoms. The fraction of sp³-hybridized carbons (Fsp3) is 0.250. The Bertz CT molecular complexity index is 663. The van der Waals surface area contributed by atoms with Crippen LogP contribution >= 0.6 is 27.5 Å². The number of halogens is 3. The highest BCUT2D eigenvalue weighted by Gasteiger charge is 2.17. The average molecular weight is 372 g/mol. The summed E-state index contributed by atoms with van der Waals surface area (Å²) in [6.45, 7) is 1.28. The van der Waals surface area contributed by atoms with E-state index in [1.807, 2.05) is 18.2 Å². The molecular weight excluding hydrogens is 359 g/mol. The molecule has 1 atom stereocenters. The zero-order chi connectivity index (χ0) is 14.8. The SMILES string of the molecule is Fc1ccc(C(Cl)c2ccc3c(c2)OCCCO3)cc1Br. The minimum Gasteiger partial charge on any atom is -0.490 e. The highest BCUT2D eigenvalue weighted by atomic mass is 79.9. The molecule has 2 nitrogen and oxygen atoms in total. The second kappa shape index (κ2) is 6.24. The van der Waals surface area contributed by atoms with Crippen molar-refractivity contribution in [1.29, 1.82) is 0 Å². The largest absolute Gasteiger partial charge is 0.490 e. The van der Waals surface area contributed by atoms with Crippen LogP contribution in [0.4, 0.5) is 4.39 Å². The Morgan fingerprint density at radius 2 is 1.67 bits per heavy atom. The van der Waals surface area contributed by atoms with Crippen LogP contribution in [0.3, 0.4) is 0 Å². The lowest BCUT2D eigenvalue weighted by Crippen LogP contribution is -1.98. The molecule has 1 heterocycles. The van der Waals surface area contributed by atoms with Gasteiger partial charge in [0.2, 0.25) is 0 Å². The van der Waals surface area contributed by atoms with Crippen LogP contribution < -0.4 is 9.47 Å². The standard InChI is InChI=1S/C16H13BrClFO2/c17-12-8-10(2-4-13(12)19)16(18)11-3-5-14-15(9-11)21-7-1-6-20-14/h2-5,8-9,16H,1,6-7H2. The number of fused-ring (bicyclic) bond motifs is 1. The average Bonchev–Trinajstić information content (AvgIpc) is 2.73. The summed E-state index contributed by atoms with van der Waals surface area (Å²) < 4.78 is 25.0. The molecule has 0 radical (unpaired) electrons. The van der Waals surface area contributed by atoms with Crippen LogP contribution in [-0.2, 0) is 0 Å². The van der Waals surface area contributed by atoms with Crippen molar-refractivity contribution in [3.8, 4) is 11.5 Å². The molecule has 0 N–H and O–H groups in total. The summed E-state index contributed by atoms with van der Waals surface area (Å²) in [4.78, 5) is 0. The van der Waals surface area contributed by atoms with Crippen molar-refractivity contribution < 1.29 is 13.9 Å². The van der Waals surface area contributed by atoms with Crippen LogP contribution in [0, 0.1) is 5.82 Å². The third-order valence-corrected chi connectivity index (χ3v) is 4.41. The number of ether oxygens (including phenoxy) is 2. The molecule has 1 aliphatic rings. The van der Waals surface area contributed by atoms with Crippen molar-refractivity contribution in [2.75, 3.05) is 13.2 Å². The van der Waals surface area contributed by atoms with E-state index in [2.05, 4.69) is 15.9 Å². The molecule has 3 rings (SSSR count). The van der Waals surface area contributed by atoms with Gasteiger partial charge in [0.05, 0.1) is 23.1 Å². The summed E-state index contributed by atoms with van der Waals surface area (Å²) in [7, 11) is 0. The Kier molecular flexibility index (Phi) is 4.36. The van der Waals surface area contributed by atoms with Gasteiger partial charge in [-0.2, -0.15) is 0 Å². The van der Waals surface area contributed by atoms with Gasteiger partial charge in [-0.25, -0.2) is 4.39 Å². The molecular formula is C16H13BrClFO2. The number of rotatable bonds is 2. The minimum absolute atomic E-state index is 0.304. The van der Waals surface area contributed by atoms with Crippen LogP contribution in [-0.4, -0.2) is 13.2 Å². The summed E-state index contributed by atoms with van der Waals surface area (Å²) >= 11 is 9.68. The van der Waals surface area contributed by atoms with E-state index in [1.165, 1.54) is 6.07 Å². The molecule has 2 aromatic rings. The molecule has 0 spiro atoms. The summed E-state index contributed by atoms with van der Waals surface area (Å²) in [6.07, 6.45) is 0.860. The fourth-order valence-corrected chi connectivity index (χ4v) is 2.87. The van der Waals surface area contributed by atoms with Crippen LogP contribution in [0.2, 0.25) is 0 Å². The second-order valence-electron chi connectivity index (χ2n) is 4.79. The van der Waals surface area contributed by atoms with Crippen LogP contribution in [0.25, 0.3) is 0 Å². The molecule has 0 saturated carbocycles. The van der Waals surface area contributed by atoms with E-state index in [9.17, 15) is 4.39 Å². The third kappa shape index (κ3) is 3.16. The van der Waals surface area contributed by atoms with Crippen molar-refractivity contribution in [2.24, 2.45) is 0 Å². The van der Waals surface area contributed by atoms with E-state index in [1.54, 1.807) is 12.1 Å². The molecule has 21 heavy (non-hydrogen) atoms. The number of hydrogen-bond acceptors (Lipinski definition) is 2. The van der Waals surface area contributed by atoms with Crippen molar-refractivity contribution in [3.63, 3.8) is 0 Å². The first kappa shape index (κ1) is 14.7. The van der Waals surface area contributed by atoms with E-state index in [0.29, 0.717) is 23.4 Å². The third-order valence-electron chi connectivity index (χ3n) is 3.30. The van der Waals surface area contributed by atoms with Gasteiger partial charge in [-0.3, -0.25) is 0 Å². The lowest BCUT2D eigenvalue weighted by Gasteiger charge is -2.14. The normalized spacial score (nSPS) is 15.4. The van der Waals surface area contributed by atoms with Crippen LogP contribution in [0.15, 0.2) is 40.9 Å². The Labute approximate surface area is 136 Å². The van der Waals surface area contributed by atoms with Gasteiger partial charge in [0.1, 0.15) is 5.82 Å². The van der Waals surface area contributed by atoms with Gasteiger partial charge < -0.3 is 9.47 Å². The molecule has 1 unspecified atom stereocenters. The quantitative estimate of drug-likeness (QED) is 0.686. The Balaban J connectivity index is 1.92. The van der Waals surface area contributed by atoms with Crippen molar-refractivity contribution >= 4 is 27.5 Å². The molecule has 0 aromatic heterocycles. The predicted octanol–water partition coefficient (Wildman–Crippen LogP) is 5.08. The van der Waals surface area contributed by atoms with E-state index in [4.69, 9.17) is 21.1 Å². The Morgan fingerprint density at radius 1 is 1.00 bits per heavy atom. The summed E-state index contributed by atoms with van der Waals surface area (Å²) in [5.74, 6) is 1.14. The molecule has 2 aromatic carbocycles. The number of hydrogen-bond donors (Lipinski definition) is 0. The maximum absolute atomic E-state index is 13.3. The van der Waals surface area contributed by atoms with E-state index in [0.717, 1.165) is 23.3 Å². The van der Waals surface area contributed by atoms with Crippen LogP contribution in [0.1, 0.15) is 22.9 Å². The van der Waals surface area contributed by atoms with E-state index in [-0.39, 0.29) is 11.2 Å². The first-order valence-corrected chi connectivity index (χ1v) is 7.86. The van der Waals surface area contributed by atoms with Gasteiger partial charge in [0.25, 0.3) is 0 Å². The van der Waals surface area contributed by atoms with E-state index >= 15 is 0 Å². The second-order valence-corrected chi connectivity index (χ2v) is 6.08. The van der Waals surface area contributed by atoms with Gasteiger partial charge in [0, 0.05) is 6.42 Å². The topological polar surface area (TPSA) is 18.5 Å². The summed E-state index contributed by atoms with van der Waals surface area (Å²) in [5.41, 5.74) is 1.71. The zero-order valence-electron chi connectivity index (χ0n) is 11.1. The lowest BCUT2D eigenvalue weighted by molar-refractivity contribution is 0.297. The summed E-state index contributed by atoms with van der Waals surface area (Å²) in [6, 6.07) is 10.4. The molecule has 0 saturated heterocycles. The molecule has 0 amide bonds. The van der Waals surface area contributed by atoms with E-state index < -0.39 is 0 Å². The lowest BCUT2D eigenvalue weighted by atomic mass is 10.0. The number of alkyl halides is 1. The zero-order valence-corrected chi connectivity index (χ0v) is 13.5. The highest BCUT2D eigenvalue weighted by molar-refractivity contribution is 9.10.